The summed E-state index contributed by atoms with van der Waals surface area (Å²) in [7, 11) is 0. The number of azo groups is 1. The summed E-state index contributed by atoms with van der Waals surface area (Å²) in [6, 6.07) is 0. The van der Waals surface area contributed by atoms with Crippen LogP contribution in [-0.4, -0.2) is 22.6 Å². The van der Waals surface area contributed by atoms with Gasteiger partial charge in [-0.15, -0.1) is 5.11 Å². The van der Waals surface area contributed by atoms with Crippen LogP contribution in [0.2, 0.25) is 0 Å². The lowest BCUT2D eigenvalue weighted by Gasteiger charge is -2.10. The zero-order chi connectivity index (χ0) is 10.2. The van der Waals surface area contributed by atoms with Crippen molar-refractivity contribution in [3.8, 4) is 0 Å². The Morgan fingerprint density at radius 3 is 2.57 bits per heavy atom. The van der Waals surface area contributed by atoms with Crippen molar-refractivity contribution in [3.63, 3.8) is 0 Å². The molecule has 1 aromatic rings. The van der Waals surface area contributed by atoms with E-state index in [1.54, 1.807) is 0 Å². The maximum Gasteiger partial charge on any atom is 0.297 e. The first-order valence-corrected chi connectivity index (χ1v) is 4.34. The van der Waals surface area contributed by atoms with E-state index >= 15 is 0 Å². The van der Waals surface area contributed by atoms with Gasteiger partial charge < -0.3 is 4.52 Å². The summed E-state index contributed by atoms with van der Waals surface area (Å²) < 4.78 is 5.03. The number of aliphatic imine (C=N–C) groups is 1. The fraction of sp³-hybridized carbons (Fsp3) is 0.625. The number of hydrogen-bond acceptors (Lipinski definition) is 6. The molecule has 0 saturated heterocycles. The highest BCUT2D eigenvalue weighted by Crippen LogP contribution is 2.19. The minimum Gasteiger partial charge on any atom is -0.330 e. The van der Waals surface area contributed by atoms with Gasteiger partial charge >= 0.3 is 0 Å². The largest absolute Gasteiger partial charge is 0.330 e. The van der Waals surface area contributed by atoms with Crippen molar-refractivity contribution < 1.29 is 4.52 Å². The smallest absolute Gasteiger partial charge is 0.297 e. The van der Waals surface area contributed by atoms with E-state index in [4.69, 9.17) is 4.52 Å². The maximum absolute atomic E-state index is 5.03. The van der Waals surface area contributed by atoms with Crippen molar-refractivity contribution in [2.45, 2.75) is 26.2 Å². The van der Waals surface area contributed by atoms with Crippen LogP contribution in [0.3, 0.4) is 0 Å². The number of amidine groups is 1. The van der Waals surface area contributed by atoms with Crippen LogP contribution in [-0.2, 0) is 5.41 Å². The van der Waals surface area contributed by atoms with Gasteiger partial charge in [-0.05, 0) is 0 Å². The van der Waals surface area contributed by atoms with Crippen molar-refractivity contribution >= 4 is 5.84 Å². The predicted molar refractivity (Wildman–Crippen MR) is 49.3 cm³/mol. The van der Waals surface area contributed by atoms with Gasteiger partial charge in [0.05, 0.1) is 0 Å². The van der Waals surface area contributed by atoms with E-state index in [9.17, 15) is 0 Å². The van der Waals surface area contributed by atoms with Gasteiger partial charge in [0.25, 0.3) is 5.89 Å². The molecule has 0 unspecified atom stereocenters. The Hall–Kier alpha value is -1.59. The van der Waals surface area contributed by atoms with E-state index in [1.165, 1.54) is 0 Å². The molecule has 0 bridgehead atoms. The lowest BCUT2D eigenvalue weighted by Crippen LogP contribution is -2.13. The molecule has 0 amide bonds. The Balaban J connectivity index is 2.30. The molecule has 1 aromatic heterocycles. The van der Waals surface area contributed by atoms with Gasteiger partial charge in [-0.3, -0.25) is 0 Å². The van der Waals surface area contributed by atoms with Crippen LogP contribution in [0.5, 0.6) is 0 Å². The maximum atomic E-state index is 5.03. The summed E-state index contributed by atoms with van der Waals surface area (Å²) in [5.74, 6) is 1.42. The van der Waals surface area contributed by atoms with Crippen LogP contribution in [0.4, 0.5) is 0 Å². The van der Waals surface area contributed by atoms with Gasteiger partial charge in [0.15, 0.2) is 12.5 Å². The first-order chi connectivity index (χ1) is 6.57. The van der Waals surface area contributed by atoms with Crippen LogP contribution in [0.15, 0.2) is 19.7 Å². The molecule has 1 aliphatic heterocycles. The first kappa shape index (κ1) is 8.98. The second kappa shape index (κ2) is 2.97. The molecular formula is C8H11N5O. The Labute approximate surface area is 81.1 Å². The van der Waals surface area contributed by atoms with E-state index in [0.717, 1.165) is 0 Å². The molecule has 0 aromatic carbocycles. The highest BCUT2D eigenvalue weighted by Gasteiger charge is 2.23. The summed E-state index contributed by atoms with van der Waals surface area (Å²) in [4.78, 5) is 8.19. The normalized spacial score (nSPS) is 16.1. The van der Waals surface area contributed by atoms with E-state index in [-0.39, 0.29) is 5.41 Å². The summed E-state index contributed by atoms with van der Waals surface area (Å²) in [6.07, 6.45) is 0. The van der Waals surface area contributed by atoms with Gasteiger partial charge in [-0.1, -0.05) is 25.9 Å². The molecule has 0 N–H and O–H groups in total. The Kier molecular flexibility index (Phi) is 1.90. The van der Waals surface area contributed by atoms with E-state index in [1.807, 2.05) is 20.8 Å². The standard InChI is InChI=1S/C8H11N5O/c1-8(2,3)7-11-6(14-13-7)5-9-4-10-12-5/h4H2,1-3H3. The molecule has 0 aliphatic carbocycles. The Morgan fingerprint density at radius 2 is 2.07 bits per heavy atom. The topological polar surface area (TPSA) is 76.0 Å². The molecule has 6 nitrogen and oxygen atoms in total. The summed E-state index contributed by atoms with van der Waals surface area (Å²) in [6.45, 7) is 6.39. The summed E-state index contributed by atoms with van der Waals surface area (Å²) in [5, 5.41) is 11.3. The fourth-order valence-corrected chi connectivity index (χ4v) is 0.958. The molecule has 0 atom stereocenters. The van der Waals surface area contributed by atoms with E-state index in [2.05, 4.69) is 25.4 Å². The lowest BCUT2D eigenvalue weighted by atomic mass is 9.96. The van der Waals surface area contributed by atoms with Crippen molar-refractivity contribution in [2.24, 2.45) is 15.2 Å². The molecule has 6 heteroatoms. The molecule has 0 radical (unpaired) electrons. The van der Waals surface area contributed by atoms with E-state index in [0.29, 0.717) is 24.2 Å². The van der Waals surface area contributed by atoms with Crippen LogP contribution < -0.4 is 0 Å². The summed E-state index contributed by atoms with van der Waals surface area (Å²) >= 11 is 0. The lowest BCUT2D eigenvalue weighted by molar-refractivity contribution is 0.387. The molecule has 0 spiro atoms. The average Bonchev–Trinajstić information content (AvgIpc) is 2.73. The first-order valence-electron chi connectivity index (χ1n) is 4.34. The highest BCUT2D eigenvalue weighted by molar-refractivity contribution is 5.95. The molecule has 1 aliphatic rings. The van der Waals surface area contributed by atoms with Gasteiger partial charge in [0.1, 0.15) is 0 Å². The average molecular weight is 193 g/mol. The molecule has 0 fully saturated rings. The number of hydrogen-bond donors (Lipinski definition) is 0. The van der Waals surface area contributed by atoms with Crippen LogP contribution in [0.1, 0.15) is 32.5 Å². The van der Waals surface area contributed by atoms with Gasteiger partial charge in [0.2, 0.25) is 5.84 Å². The second-order valence-electron chi connectivity index (χ2n) is 4.04. The Morgan fingerprint density at radius 1 is 1.29 bits per heavy atom. The number of nitrogens with zero attached hydrogens (tertiary/aromatic N) is 5. The zero-order valence-corrected chi connectivity index (χ0v) is 8.35. The minimum absolute atomic E-state index is 0.127. The van der Waals surface area contributed by atoms with Crippen LogP contribution in [0.25, 0.3) is 0 Å². The van der Waals surface area contributed by atoms with Gasteiger partial charge in [-0.25, -0.2) is 4.99 Å². The molecule has 74 valence electrons. The van der Waals surface area contributed by atoms with Crippen LogP contribution in [0, 0.1) is 0 Å². The number of rotatable bonds is 1. The molecule has 2 heterocycles. The molecular weight excluding hydrogens is 182 g/mol. The second-order valence-corrected chi connectivity index (χ2v) is 4.04. The monoisotopic (exact) mass is 193 g/mol. The quantitative estimate of drug-likeness (QED) is 0.678. The zero-order valence-electron chi connectivity index (χ0n) is 8.35. The summed E-state index contributed by atoms with van der Waals surface area (Å²) in [5.41, 5.74) is -0.127. The number of aromatic nitrogens is 2. The van der Waals surface area contributed by atoms with Crippen molar-refractivity contribution in [1.29, 1.82) is 0 Å². The van der Waals surface area contributed by atoms with Gasteiger partial charge in [-0.2, -0.15) is 10.1 Å². The molecule has 2 rings (SSSR count). The fourth-order valence-electron chi connectivity index (χ4n) is 0.958. The van der Waals surface area contributed by atoms with Crippen molar-refractivity contribution in [3.05, 3.63) is 11.7 Å². The Bertz CT molecular complexity index is 398. The third-order valence-electron chi connectivity index (χ3n) is 1.74. The van der Waals surface area contributed by atoms with Crippen molar-refractivity contribution in [2.75, 3.05) is 6.67 Å². The molecule has 14 heavy (non-hydrogen) atoms. The highest BCUT2D eigenvalue weighted by atomic mass is 16.5. The SMILES string of the molecule is CC(C)(C)c1noc(C2=NCN=N2)n1. The predicted octanol–water partition coefficient (Wildman–Crippen LogP) is 1.54. The minimum atomic E-state index is -0.127. The van der Waals surface area contributed by atoms with Crippen LogP contribution >= 0.6 is 0 Å². The third-order valence-corrected chi connectivity index (χ3v) is 1.74. The van der Waals surface area contributed by atoms with E-state index < -0.39 is 0 Å². The van der Waals surface area contributed by atoms with Crippen molar-refractivity contribution in [1.82, 2.24) is 10.1 Å². The third kappa shape index (κ3) is 1.55. The molecule has 0 saturated carbocycles. The van der Waals surface area contributed by atoms with Gasteiger partial charge in [0, 0.05) is 5.41 Å².